The highest BCUT2D eigenvalue weighted by Gasteiger charge is 2.67. The Balaban J connectivity index is 1.33. The summed E-state index contributed by atoms with van der Waals surface area (Å²) in [5.74, 6) is -2.64. The number of likely N-dealkylation sites (tertiary alicyclic amines) is 1. The number of Topliss-reactive ketones (excluding diaryl/α,β-unsaturated/α-hetero) is 1. The van der Waals surface area contributed by atoms with E-state index in [9.17, 15) is 19.2 Å². The van der Waals surface area contributed by atoms with Gasteiger partial charge >= 0.3 is 0 Å². The first-order valence-corrected chi connectivity index (χ1v) is 12.3. The summed E-state index contributed by atoms with van der Waals surface area (Å²) < 4.78 is -0.833. The normalized spacial score (nSPS) is 25.7. The fourth-order valence-corrected chi connectivity index (χ4v) is 7.23. The molecule has 1 aliphatic heterocycles. The molecule has 0 aromatic heterocycles. The van der Waals surface area contributed by atoms with Crippen LogP contribution in [0.1, 0.15) is 45.5 Å². The second kappa shape index (κ2) is 7.71. The second-order valence-corrected chi connectivity index (χ2v) is 10.6. The van der Waals surface area contributed by atoms with E-state index in [1.54, 1.807) is 24.3 Å². The summed E-state index contributed by atoms with van der Waals surface area (Å²) in [4.78, 5) is 52.8. The smallest absolute Gasteiger partial charge is 0.244 e. The molecular formula is C28H21BrN2O4. The number of nitrogens with one attached hydrogen (secondary N) is 1. The zero-order valence-corrected chi connectivity index (χ0v) is 20.4. The quantitative estimate of drug-likeness (QED) is 0.312. The van der Waals surface area contributed by atoms with E-state index in [0.29, 0.717) is 11.3 Å². The zero-order chi connectivity index (χ0) is 24.5. The summed E-state index contributed by atoms with van der Waals surface area (Å²) in [6, 6.07) is 22.4. The van der Waals surface area contributed by atoms with Crippen molar-refractivity contribution >= 4 is 45.1 Å². The highest BCUT2D eigenvalue weighted by atomic mass is 79.9. The first kappa shape index (κ1) is 21.9. The lowest BCUT2D eigenvalue weighted by Gasteiger charge is -2.51. The summed E-state index contributed by atoms with van der Waals surface area (Å²) in [6.07, 6.45) is 0. The molecule has 2 bridgehead atoms. The number of halogens is 1. The average molecular weight is 529 g/mol. The van der Waals surface area contributed by atoms with Crippen LogP contribution < -0.4 is 5.32 Å². The van der Waals surface area contributed by atoms with Gasteiger partial charge in [0.05, 0.1) is 16.2 Å². The number of hydrogen-bond acceptors (Lipinski definition) is 4. The van der Waals surface area contributed by atoms with Crippen molar-refractivity contribution in [3.8, 4) is 0 Å². The molecule has 3 aromatic carbocycles. The molecule has 7 rings (SSSR count). The third kappa shape index (κ3) is 3.01. The van der Waals surface area contributed by atoms with Crippen molar-refractivity contribution in [2.45, 2.75) is 17.2 Å². The highest BCUT2D eigenvalue weighted by molar-refractivity contribution is 9.09. The molecule has 0 radical (unpaired) electrons. The molecule has 6 nitrogen and oxygen atoms in total. The van der Waals surface area contributed by atoms with E-state index in [1.807, 2.05) is 48.5 Å². The van der Waals surface area contributed by atoms with Crippen LogP contribution in [-0.4, -0.2) is 34.9 Å². The molecule has 3 amide bonds. The lowest BCUT2D eigenvalue weighted by molar-refractivity contribution is -0.142. The summed E-state index contributed by atoms with van der Waals surface area (Å²) in [5, 5.41) is 2.73. The number of nitrogens with zero attached hydrogens (tertiary/aromatic N) is 1. The Bertz CT molecular complexity index is 1380. The minimum Gasteiger partial charge on any atom is -0.325 e. The number of benzene rings is 3. The first-order chi connectivity index (χ1) is 16.8. The number of anilines is 1. The molecule has 7 heteroatoms. The maximum absolute atomic E-state index is 13.7. The number of alkyl halides is 1. The predicted molar refractivity (Wildman–Crippen MR) is 133 cm³/mol. The van der Waals surface area contributed by atoms with Crippen molar-refractivity contribution in [2.24, 2.45) is 11.8 Å². The van der Waals surface area contributed by atoms with Gasteiger partial charge in [-0.05, 0) is 53.4 Å². The third-order valence-electron chi connectivity index (χ3n) is 7.48. The number of carbonyl (C=O) groups excluding carboxylic acids is 4. The number of amides is 3. The van der Waals surface area contributed by atoms with Crippen LogP contribution in [0.3, 0.4) is 0 Å². The second-order valence-electron chi connectivity index (χ2n) is 9.31. The SMILES string of the molecule is CC(=O)c1ccc(NC(=O)CN2C(=O)[C@@H]3[C@@H](C2=O)C2c4ccccc4C3(Br)c3ccccc32)cc1. The summed E-state index contributed by atoms with van der Waals surface area (Å²) in [5.41, 5.74) is 5.12. The van der Waals surface area contributed by atoms with Crippen molar-refractivity contribution < 1.29 is 19.2 Å². The Labute approximate surface area is 210 Å². The largest absolute Gasteiger partial charge is 0.325 e. The van der Waals surface area contributed by atoms with Gasteiger partial charge in [0.1, 0.15) is 6.54 Å². The predicted octanol–water partition coefficient (Wildman–Crippen LogP) is 4.23. The van der Waals surface area contributed by atoms with Crippen molar-refractivity contribution in [3.63, 3.8) is 0 Å². The Morgan fingerprint density at radius 3 is 2.03 bits per heavy atom. The summed E-state index contributed by atoms with van der Waals surface area (Å²) in [7, 11) is 0. The van der Waals surface area contributed by atoms with Gasteiger partial charge in [0.25, 0.3) is 0 Å². The van der Waals surface area contributed by atoms with Gasteiger partial charge in [0.2, 0.25) is 17.7 Å². The molecule has 0 saturated carbocycles. The highest BCUT2D eigenvalue weighted by Crippen LogP contribution is 2.66. The molecule has 1 N–H and O–H groups in total. The minimum absolute atomic E-state index is 0.0703. The topological polar surface area (TPSA) is 83.6 Å². The monoisotopic (exact) mass is 528 g/mol. The lowest BCUT2D eigenvalue weighted by atomic mass is 9.55. The minimum atomic E-state index is -0.833. The summed E-state index contributed by atoms with van der Waals surface area (Å²) >= 11 is 3.94. The van der Waals surface area contributed by atoms with Crippen molar-refractivity contribution in [1.29, 1.82) is 0 Å². The molecular weight excluding hydrogens is 508 g/mol. The van der Waals surface area contributed by atoms with Crippen LogP contribution in [0.5, 0.6) is 0 Å². The number of carbonyl (C=O) groups is 4. The molecule has 0 spiro atoms. The molecule has 4 aliphatic rings. The van der Waals surface area contributed by atoms with E-state index in [1.165, 1.54) is 6.92 Å². The maximum Gasteiger partial charge on any atom is 0.244 e. The van der Waals surface area contributed by atoms with Crippen LogP contribution in [-0.2, 0) is 18.7 Å². The van der Waals surface area contributed by atoms with Gasteiger partial charge in [-0.1, -0.05) is 64.5 Å². The van der Waals surface area contributed by atoms with Gasteiger partial charge in [0, 0.05) is 17.2 Å². The van der Waals surface area contributed by atoms with Gasteiger partial charge in [-0.25, -0.2) is 0 Å². The van der Waals surface area contributed by atoms with E-state index in [-0.39, 0.29) is 30.1 Å². The van der Waals surface area contributed by atoms with Crippen LogP contribution in [0, 0.1) is 11.8 Å². The Kier molecular flexibility index (Phi) is 4.83. The number of rotatable bonds is 4. The van der Waals surface area contributed by atoms with E-state index in [2.05, 4.69) is 21.2 Å². The van der Waals surface area contributed by atoms with E-state index in [4.69, 9.17) is 0 Å². The standard InChI is InChI=1S/C28H21BrN2O4/c1-15(32)16-10-12-17(13-11-16)30-22(33)14-31-26(34)24-23-18-6-2-4-8-20(18)28(29,25(24)27(31)35)21-9-5-3-7-19(21)23/h2-13,23-25H,14H2,1H3,(H,30,33)/t23?,24-,25-,28?/m0/s1. The first-order valence-electron chi connectivity index (χ1n) is 11.5. The van der Waals surface area contributed by atoms with Crippen LogP contribution in [0.2, 0.25) is 0 Å². The van der Waals surface area contributed by atoms with E-state index >= 15 is 0 Å². The van der Waals surface area contributed by atoms with Gasteiger partial charge < -0.3 is 5.32 Å². The average Bonchev–Trinajstić information content (AvgIpc) is 3.11. The number of imide groups is 1. The Morgan fingerprint density at radius 2 is 1.46 bits per heavy atom. The molecule has 1 saturated heterocycles. The Morgan fingerprint density at radius 1 is 0.886 bits per heavy atom. The Hall–Kier alpha value is -3.58. The molecule has 3 aromatic rings. The fraction of sp³-hybridized carbons (Fsp3) is 0.214. The van der Waals surface area contributed by atoms with E-state index < -0.39 is 22.1 Å². The molecule has 1 fully saturated rings. The van der Waals surface area contributed by atoms with Crippen molar-refractivity contribution in [3.05, 3.63) is 101 Å². The van der Waals surface area contributed by atoms with Crippen LogP contribution in [0.15, 0.2) is 72.8 Å². The molecule has 0 unspecified atom stereocenters. The van der Waals surface area contributed by atoms with Crippen molar-refractivity contribution in [1.82, 2.24) is 4.90 Å². The molecule has 3 aliphatic carbocycles. The van der Waals surface area contributed by atoms with Crippen LogP contribution in [0.4, 0.5) is 5.69 Å². The van der Waals surface area contributed by atoms with Crippen LogP contribution >= 0.6 is 15.9 Å². The summed E-state index contributed by atoms with van der Waals surface area (Å²) in [6.45, 7) is 1.11. The fourth-order valence-electron chi connectivity index (χ4n) is 6.03. The zero-order valence-electron chi connectivity index (χ0n) is 18.8. The van der Waals surface area contributed by atoms with E-state index in [0.717, 1.165) is 27.2 Å². The van der Waals surface area contributed by atoms with Gasteiger partial charge in [-0.2, -0.15) is 0 Å². The van der Waals surface area contributed by atoms with Crippen LogP contribution in [0.25, 0.3) is 0 Å². The number of hydrogen-bond donors (Lipinski definition) is 1. The van der Waals surface area contributed by atoms with Gasteiger partial charge in [0.15, 0.2) is 5.78 Å². The molecule has 174 valence electrons. The molecule has 2 atom stereocenters. The molecule has 35 heavy (non-hydrogen) atoms. The van der Waals surface area contributed by atoms with Gasteiger partial charge in [-0.15, -0.1) is 0 Å². The lowest BCUT2D eigenvalue weighted by Crippen LogP contribution is -2.50. The van der Waals surface area contributed by atoms with Crippen molar-refractivity contribution in [2.75, 3.05) is 11.9 Å². The third-order valence-corrected chi connectivity index (χ3v) is 8.83. The van der Waals surface area contributed by atoms with Gasteiger partial charge in [-0.3, -0.25) is 24.1 Å². The maximum atomic E-state index is 13.7. The number of ketones is 1. The molecule has 1 heterocycles.